The van der Waals surface area contributed by atoms with Crippen LogP contribution in [0.3, 0.4) is 0 Å². The van der Waals surface area contributed by atoms with Gasteiger partial charge in [-0.05, 0) is 46.5 Å². The minimum absolute atomic E-state index is 0.0529. The molecular weight excluding hydrogens is 502 g/mol. The first-order valence-electron chi connectivity index (χ1n) is 13.1. The van der Waals surface area contributed by atoms with Crippen LogP contribution in [-0.2, 0) is 33.8 Å². The molecule has 0 aliphatic carbocycles. The minimum atomic E-state index is -0.371. The van der Waals surface area contributed by atoms with Crippen LogP contribution in [0, 0.1) is 0 Å². The first kappa shape index (κ1) is 28.3. The molecule has 1 heterocycles. The van der Waals surface area contributed by atoms with E-state index in [9.17, 15) is 9.59 Å². The van der Waals surface area contributed by atoms with Crippen molar-refractivity contribution in [3.05, 3.63) is 126 Å². The zero-order chi connectivity index (χ0) is 28.0. The Labute approximate surface area is 234 Å². The molecule has 0 saturated heterocycles. The summed E-state index contributed by atoms with van der Waals surface area (Å²) in [4.78, 5) is 27.9. The number of amides is 1. The third kappa shape index (κ3) is 9.22. The van der Waals surface area contributed by atoms with E-state index in [-0.39, 0.29) is 18.3 Å². The summed E-state index contributed by atoms with van der Waals surface area (Å²) >= 11 is 0. The number of esters is 1. The molecule has 0 aliphatic heterocycles. The molecule has 0 atom stereocenters. The number of pyridine rings is 1. The van der Waals surface area contributed by atoms with Crippen LogP contribution in [-0.4, -0.2) is 37.1 Å². The van der Waals surface area contributed by atoms with Crippen LogP contribution in [0.1, 0.15) is 22.4 Å². The van der Waals surface area contributed by atoms with Crippen molar-refractivity contribution in [2.45, 2.75) is 19.5 Å². The maximum Gasteiger partial charge on any atom is 0.330 e. The lowest BCUT2D eigenvalue weighted by molar-refractivity contribution is -0.134. The lowest BCUT2D eigenvalue weighted by atomic mass is 10.1. The maximum atomic E-state index is 12.3. The highest BCUT2D eigenvalue weighted by Gasteiger charge is 2.06. The number of carbonyl (C=O) groups excluding carboxylic acids is 2. The van der Waals surface area contributed by atoms with Gasteiger partial charge in [0.25, 0.3) is 0 Å². The van der Waals surface area contributed by atoms with E-state index in [0.717, 1.165) is 45.8 Å². The Bertz CT molecular complexity index is 1380. The van der Waals surface area contributed by atoms with Crippen LogP contribution in [0.2, 0.25) is 0 Å². The number of nitrogens with zero attached hydrogens (tertiary/aromatic N) is 1. The largest absolute Gasteiger partial charge is 0.492 e. The molecule has 0 unspecified atom stereocenters. The number of ether oxygens (including phenoxy) is 2. The molecule has 7 heteroatoms. The van der Waals surface area contributed by atoms with Gasteiger partial charge >= 0.3 is 5.97 Å². The first-order chi connectivity index (χ1) is 19.6. The summed E-state index contributed by atoms with van der Waals surface area (Å²) in [5.74, 6) is 0.374. The van der Waals surface area contributed by atoms with Crippen molar-refractivity contribution < 1.29 is 19.1 Å². The van der Waals surface area contributed by atoms with Gasteiger partial charge in [0.2, 0.25) is 5.91 Å². The van der Waals surface area contributed by atoms with Gasteiger partial charge in [-0.1, -0.05) is 72.8 Å². The zero-order valence-corrected chi connectivity index (χ0v) is 22.5. The molecule has 2 N–H and O–H groups in total. The second kappa shape index (κ2) is 15.0. The average molecular weight is 536 g/mol. The number of methoxy groups -OCH3 is 1. The lowest BCUT2D eigenvalue weighted by Crippen LogP contribution is -2.24. The number of hydrogen-bond acceptors (Lipinski definition) is 6. The fraction of sp³-hybridized carbons (Fsp3) is 0.182. The fourth-order valence-corrected chi connectivity index (χ4v) is 3.92. The molecule has 4 aromatic rings. The van der Waals surface area contributed by atoms with Crippen LogP contribution in [0.4, 0.5) is 0 Å². The van der Waals surface area contributed by atoms with Gasteiger partial charge < -0.3 is 20.1 Å². The summed E-state index contributed by atoms with van der Waals surface area (Å²) in [5, 5.41) is 6.30. The van der Waals surface area contributed by atoms with Crippen molar-refractivity contribution in [1.82, 2.24) is 15.6 Å². The highest BCUT2D eigenvalue weighted by atomic mass is 16.5. The molecule has 0 bridgehead atoms. The van der Waals surface area contributed by atoms with E-state index in [0.29, 0.717) is 19.7 Å². The molecule has 1 amide bonds. The molecule has 1 aromatic heterocycles. The number of rotatable bonds is 13. The molecule has 0 radical (unpaired) electrons. The summed E-state index contributed by atoms with van der Waals surface area (Å²) in [7, 11) is 1.36. The monoisotopic (exact) mass is 535 g/mol. The molecule has 0 fully saturated rings. The smallest absolute Gasteiger partial charge is 0.330 e. The van der Waals surface area contributed by atoms with Crippen LogP contribution in [0.5, 0.6) is 5.75 Å². The average Bonchev–Trinajstić information content (AvgIpc) is 3.00. The third-order valence-corrected chi connectivity index (χ3v) is 6.16. The second-order valence-corrected chi connectivity index (χ2v) is 9.13. The summed E-state index contributed by atoms with van der Waals surface area (Å²) in [5.41, 5.74) is 5.89. The van der Waals surface area contributed by atoms with E-state index in [1.807, 2.05) is 91.0 Å². The molecule has 7 nitrogen and oxygen atoms in total. The lowest BCUT2D eigenvalue weighted by Gasteiger charge is -2.09. The van der Waals surface area contributed by atoms with E-state index in [4.69, 9.17) is 4.74 Å². The van der Waals surface area contributed by atoms with E-state index in [1.165, 1.54) is 13.2 Å². The molecule has 0 aliphatic rings. The topological polar surface area (TPSA) is 89.5 Å². The number of benzene rings is 3. The van der Waals surface area contributed by atoms with Gasteiger partial charge in [0, 0.05) is 43.2 Å². The Hall–Kier alpha value is -4.75. The Morgan fingerprint density at radius 2 is 1.55 bits per heavy atom. The summed E-state index contributed by atoms with van der Waals surface area (Å²) in [6.07, 6.45) is 5.17. The second-order valence-electron chi connectivity index (χ2n) is 9.13. The normalized spacial score (nSPS) is 10.8. The number of carbonyl (C=O) groups is 2. The minimum Gasteiger partial charge on any atom is -0.492 e. The molecular formula is C33H33N3O4. The molecule has 4 rings (SSSR count). The van der Waals surface area contributed by atoms with Gasteiger partial charge in [0.15, 0.2) is 0 Å². The molecule has 40 heavy (non-hydrogen) atoms. The first-order valence-corrected chi connectivity index (χ1v) is 13.1. The standard InChI is InChI=1S/C33H33N3O4/c1-39-33(38)18-11-25-7-9-27(10-8-25)22-34-19-20-40-31-16-13-28(14-17-31)29-12-15-30(35-24-29)21-32(37)36-23-26-5-3-2-4-6-26/h2-18,24,34H,19-23H2,1H3,(H,36,37)/b18-11+. The van der Waals surface area contributed by atoms with E-state index in [1.54, 1.807) is 12.3 Å². The predicted molar refractivity (Wildman–Crippen MR) is 156 cm³/mol. The highest BCUT2D eigenvalue weighted by molar-refractivity contribution is 5.86. The maximum absolute atomic E-state index is 12.3. The van der Waals surface area contributed by atoms with E-state index >= 15 is 0 Å². The predicted octanol–water partition coefficient (Wildman–Crippen LogP) is 4.96. The molecule has 0 spiro atoms. The van der Waals surface area contributed by atoms with Crippen molar-refractivity contribution in [3.8, 4) is 16.9 Å². The Balaban J connectivity index is 1.15. The Morgan fingerprint density at radius 1 is 0.825 bits per heavy atom. The number of nitrogens with one attached hydrogen (secondary N) is 2. The third-order valence-electron chi connectivity index (χ3n) is 6.16. The van der Waals surface area contributed by atoms with Crippen LogP contribution >= 0.6 is 0 Å². The fourth-order valence-electron chi connectivity index (χ4n) is 3.92. The molecule has 204 valence electrons. The van der Waals surface area contributed by atoms with E-state index in [2.05, 4.69) is 20.4 Å². The van der Waals surface area contributed by atoms with Crippen molar-refractivity contribution in [3.63, 3.8) is 0 Å². The van der Waals surface area contributed by atoms with E-state index < -0.39 is 0 Å². The van der Waals surface area contributed by atoms with Gasteiger partial charge in [-0.3, -0.25) is 9.78 Å². The van der Waals surface area contributed by atoms with Gasteiger partial charge in [-0.15, -0.1) is 0 Å². The van der Waals surface area contributed by atoms with Crippen LogP contribution in [0.25, 0.3) is 17.2 Å². The molecule has 0 saturated carbocycles. The SMILES string of the molecule is COC(=O)/C=C/c1ccc(CNCCOc2ccc(-c3ccc(CC(=O)NCc4ccccc4)nc3)cc2)cc1. The van der Waals surface area contributed by atoms with Gasteiger partial charge in [-0.2, -0.15) is 0 Å². The Morgan fingerprint density at radius 3 is 2.25 bits per heavy atom. The summed E-state index contributed by atoms with van der Waals surface area (Å²) in [6.45, 7) is 2.48. The number of hydrogen-bond donors (Lipinski definition) is 2. The van der Waals surface area contributed by atoms with Gasteiger partial charge in [0.1, 0.15) is 12.4 Å². The van der Waals surface area contributed by atoms with Gasteiger partial charge in [-0.25, -0.2) is 4.79 Å². The molecule has 3 aromatic carbocycles. The van der Waals surface area contributed by atoms with Crippen LogP contribution < -0.4 is 15.4 Å². The van der Waals surface area contributed by atoms with Crippen molar-refractivity contribution >= 4 is 18.0 Å². The van der Waals surface area contributed by atoms with Crippen molar-refractivity contribution in [1.29, 1.82) is 0 Å². The van der Waals surface area contributed by atoms with Crippen LogP contribution in [0.15, 0.2) is 103 Å². The summed E-state index contributed by atoms with van der Waals surface area (Å²) < 4.78 is 10.5. The zero-order valence-electron chi connectivity index (χ0n) is 22.5. The quantitative estimate of drug-likeness (QED) is 0.143. The van der Waals surface area contributed by atoms with Crippen molar-refractivity contribution in [2.24, 2.45) is 0 Å². The van der Waals surface area contributed by atoms with Crippen molar-refractivity contribution in [2.75, 3.05) is 20.3 Å². The van der Waals surface area contributed by atoms with Gasteiger partial charge in [0.05, 0.1) is 13.5 Å². The summed E-state index contributed by atoms with van der Waals surface area (Å²) in [6, 6.07) is 29.6. The Kier molecular flexibility index (Phi) is 10.6. The number of aromatic nitrogens is 1. The highest BCUT2D eigenvalue weighted by Crippen LogP contribution is 2.22.